The number of hydrogen-bond donors (Lipinski definition) is 1. The number of halogens is 1. The number of rotatable bonds is 2. The molecule has 15 heavy (non-hydrogen) atoms. The van der Waals surface area contributed by atoms with E-state index in [1.54, 1.807) is 6.92 Å². The van der Waals surface area contributed by atoms with Crippen LogP contribution >= 0.6 is 0 Å². The molecule has 0 aliphatic carbocycles. The van der Waals surface area contributed by atoms with Crippen molar-refractivity contribution in [3.05, 3.63) is 0 Å². The number of alkyl halides is 1. The van der Waals surface area contributed by atoms with E-state index in [1.165, 1.54) is 38.8 Å². The van der Waals surface area contributed by atoms with Crippen LogP contribution in [-0.2, 0) is 0 Å². The number of hydrogen-bond acceptors (Lipinski definition) is 2. The van der Waals surface area contributed by atoms with Gasteiger partial charge in [-0.1, -0.05) is 0 Å². The van der Waals surface area contributed by atoms with Gasteiger partial charge in [-0.25, -0.2) is 4.39 Å². The number of likely N-dealkylation sites (tertiary alicyclic amines) is 1. The normalized spacial score (nSPS) is 29.2. The first-order chi connectivity index (χ1) is 7.20. The zero-order chi connectivity index (χ0) is 10.7. The molecule has 0 aromatic heterocycles. The fourth-order valence-electron chi connectivity index (χ4n) is 3.02. The second-order valence-electron chi connectivity index (χ2n) is 5.33. The molecular weight excluding hydrogens is 191 g/mol. The minimum absolute atomic E-state index is 0.599. The van der Waals surface area contributed by atoms with Crippen LogP contribution in [0.5, 0.6) is 0 Å². The molecule has 88 valence electrons. The summed E-state index contributed by atoms with van der Waals surface area (Å²) in [6.45, 7) is 6.87. The van der Waals surface area contributed by atoms with Crippen LogP contribution in [0.4, 0.5) is 4.39 Å². The summed E-state index contributed by atoms with van der Waals surface area (Å²) in [5.74, 6) is 0. The lowest BCUT2D eigenvalue weighted by molar-refractivity contribution is 0.0622. The Bertz CT molecular complexity index is 190. The summed E-state index contributed by atoms with van der Waals surface area (Å²) in [5, 5.41) is 3.43. The minimum Gasteiger partial charge on any atom is -0.317 e. The molecule has 2 fully saturated rings. The third-order valence-corrected chi connectivity index (χ3v) is 4.09. The van der Waals surface area contributed by atoms with Crippen molar-refractivity contribution in [2.45, 2.75) is 38.8 Å². The molecule has 2 saturated heterocycles. The zero-order valence-corrected chi connectivity index (χ0v) is 9.77. The van der Waals surface area contributed by atoms with E-state index in [-0.39, 0.29) is 0 Å². The summed E-state index contributed by atoms with van der Waals surface area (Å²) < 4.78 is 12.9. The Morgan fingerprint density at radius 3 is 2.33 bits per heavy atom. The smallest absolute Gasteiger partial charge is 0.110 e. The first-order valence-electron chi connectivity index (χ1n) is 6.27. The Morgan fingerprint density at radius 2 is 1.80 bits per heavy atom. The van der Waals surface area contributed by atoms with Crippen LogP contribution in [0.3, 0.4) is 0 Å². The SMILES string of the molecule is CC(F)CN1CCC2(CCNCC2)CC1. The lowest BCUT2D eigenvalue weighted by Gasteiger charge is -2.44. The number of nitrogens with zero attached hydrogens (tertiary/aromatic N) is 1. The molecule has 0 saturated carbocycles. The van der Waals surface area contributed by atoms with Crippen LogP contribution in [0.2, 0.25) is 0 Å². The minimum atomic E-state index is -0.674. The second kappa shape index (κ2) is 4.79. The fourth-order valence-corrected chi connectivity index (χ4v) is 3.02. The van der Waals surface area contributed by atoms with Gasteiger partial charge in [0, 0.05) is 6.54 Å². The zero-order valence-electron chi connectivity index (χ0n) is 9.77. The van der Waals surface area contributed by atoms with E-state index in [0.717, 1.165) is 13.1 Å². The van der Waals surface area contributed by atoms with Gasteiger partial charge in [0.05, 0.1) is 0 Å². The maximum atomic E-state index is 12.9. The molecule has 1 N–H and O–H groups in total. The Kier molecular flexibility index (Phi) is 3.62. The quantitative estimate of drug-likeness (QED) is 0.754. The Labute approximate surface area is 92.2 Å². The first-order valence-corrected chi connectivity index (χ1v) is 6.27. The maximum absolute atomic E-state index is 12.9. The van der Waals surface area contributed by atoms with E-state index in [2.05, 4.69) is 10.2 Å². The highest BCUT2D eigenvalue weighted by molar-refractivity contribution is 4.89. The van der Waals surface area contributed by atoms with E-state index in [1.807, 2.05) is 0 Å². The van der Waals surface area contributed by atoms with E-state index < -0.39 is 6.17 Å². The molecule has 2 aliphatic heterocycles. The topological polar surface area (TPSA) is 15.3 Å². The number of nitrogens with one attached hydrogen (secondary N) is 1. The lowest BCUT2D eigenvalue weighted by atomic mass is 9.71. The first kappa shape index (κ1) is 11.3. The van der Waals surface area contributed by atoms with Gasteiger partial charge in [0.25, 0.3) is 0 Å². The molecule has 1 unspecified atom stereocenters. The average Bonchev–Trinajstić information content (AvgIpc) is 2.23. The van der Waals surface area contributed by atoms with Crippen molar-refractivity contribution in [2.75, 3.05) is 32.7 Å². The number of piperidine rings is 2. The van der Waals surface area contributed by atoms with Crippen LogP contribution in [0.1, 0.15) is 32.6 Å². The summed E-state index contributed by atoms with van der Waals surface area (Å²) >= 11 is 0. The van der Waals surface area contributed by atoms with Crippen molar-refractivity contribution in [2.24, 2.45) is 5.41 Å². The van der Waals surface area contributed by atoms with Gasteiger partial charge in [-0.2, -0.15) is 0 Å². The largest absolute Gasteiger partial charge is 0.317 e. The van der Waals surface area contributed by atoms with E-state index in [9.17, 15) is 4.39 Å². The Morgan fingerprint density at radius 1 is 1.20 bits per heavy atom. The Hall–Kier alpha value is -0.150. The van der Waals surface area contributed by atoms with Gasteiger partial charge >= 0.3 is 0 Å². The van der Waals surface area contributed by atoms with Crippen molar-refractivity contribution in [1.29, 1.82) is 0 Å². The molecule has 1 spiro atoms. The predicted octanol–water partition coefficient (Wildman–Crippen LogP) is 1.81. The molecule has 3 heteroatoms. The van der Waals surface area contributed by atoms with Crippen LogP contribution in [0, 0.1) is 5.41 Å². The van der Waals surface area contributed by atoms with E-state index >= 15 is 0 Å². The van der Waals surface area contributed by atoms with Gasteiger partial charge in [0.15, 0.2) is 0 Å². The molecule has 2 heterocycles. The molecular formula is C12H23FN2. The molecule has 1 atom stereocenters. The molecule has 0 aromatic rings. The monoisotopic (exact) mass is 214 g/mol. The molecule has 0 amide bonds. The van der Waals surface area contributed by atoms with Crippen LogP contribution in [0.15, 0.2) is 0 Å². The van der Waals surface area contributed by atoms with Crippen molar-refractivity contribution < 1.29 is 4.39 Å². The fraction of sp³-hybridized carbons (Fsp3) is 1.00. The van der Waals surface area contributed by atoms with Gasteiger partial charge in [0.1, 0.15) is 6.17 Å². The summed E-state index contributed by atoms with van der Waals surface area (Å²) in [5.41, 5.74) is 0.599. The third-order valence-electron chi connectivity index (χ3n) is 4.09. The molecule has 2 nitrogen and oxygen atoms in total. The highest BCUT2D eigenvalue weighted by Crippen LogP contribution is 2.39. The summed E-state index contributed by atoms with van der Waals surface area (Å²) in [4.78, 5) is 2.29. The highest BCUT2D eigenvalue weighted by atomic mass is 19.1. The van der Waals surface area contributed by atoms with Gasteiger partial charge in [-0.15, -0.1) is 0 Å². The lowest BCUT2D eigenvalue weighted by Crippen LogP contribution is -2.46. The standard InChI is InChI=1S/C12H23FN2/c1-11(13)10-15-8-4-12(5-9-15)2-6-14-7-3-12/h11,14H,2-10H2,1H3. The van der Waals surface area contributed by atoms with Gasteiger partial charge in [-0.3, -0.25) is 0 Å². The summed E-state index contributed by atoms with van der Waals surface area (Å²) in [6.07, 6.45) is 4.54. The van der Waals surface area contributed by atoms with Crippen LogP contribution in [-0.4, -0.2) is 43.8 Å². The molecule has 0 radical (unpaired) electrons. The third kappa shape index (κ3) is 2.91. The van der Waals surface area contributed by atoms with Gasteiger partial charge in [0.2, 0.25) is 0 Å². The molecule has 0 aromatic carbocycles. The van der Waals surface area contributed by atoms with Crippen molar-refractivity contribution in [1.82, 2.24) is 10.2 Å². The molecule has 2 rings (SSSR count). The molecule has 0 bridgehead atoms. The van der Waals surface area contributed by atoms with E-state index in [4.69, 9.17) is 0 Å². The van der Waals surface area contributed by atoms with E-state index in [0.29, 0.717) is 12.0 Å². The van der Waals surface area contributed by atoms with Gasteiger partial charge in [-0.05, 0) is 64.2 Å². The van der Waals surface area contributed by atoms with Crippen molar-refractivity contribution >= 4 is 0 Å². The maximum Gasteiger partial charge on any atom is 0.110 e. The van der Waals surface area contributed by atoms with Crippen molar-refractivity contribution in [3.63, 3.8) is 0 Å². The van der Waals surface area contributed by atoms with Crippen molar-refractivity contribution in [3.8, 4) is 0 Å². The van der Waals surface area contributed by atoms with Gasteiger partial charge < -0.3 is 10.2 Å². The highest BCUT2D eigenvalue weighted by Gasteiger charge is 2.35. The Balaban J connectivity index is 1.80. The average molecular weight is 214 g/mol. The summed E-state index contributed by atoms with van der Waals surface area (Å²) in [6, 6.07) is 0. The summed E-state index contributed by atoms with van der Waals surface area (Å²) in [7, 11) is 0. The second-order valence-corrected chi connectivity index (χ2v) is 5.33. The van der Waals surface area contributed by atoms with Crippen LogP contribution < -0.4 is 5.32 Å². The predicted molar refractivity (Wildman–Crippen MR) is 60.8 cm³/mol. The molecule has 2 aliphatic rings. The van der Waals surface area contributed by atoms with Crippen LogP contribution in [0.25, 0.3) is 0 Å².